The summed E-state index contributed by atoms with van der Waals surface area (Å²) in [5.41, 5.74) is 1.24. The van der Waals surface area contributed by atoms with Crippen molar-refractivity contribution in [3.8, 4) is 0 Å². The quantitative estimate of drug-likeness (QED) is 0.860. The molecule has 1 aromatic heterocycles. The lowest BCUT2D eigenvalue weighted by molar-refractivity contribution is -0.137. The van der Waals surface area contributed by atoms with E-state index < -0.39 is 5.97 Å². The number of aromatic nitrogens is 3. The van der Waals surface area contributed by atoms with Gasteiger partial charge in [0.2, 0.25) is 0 Å². The predicted octanol–water partition coefficient (Wildman–Crippen LogP) is 1.02. The largest absolute Gasteiger partial charge is 0.480 e. The Kier molecular flexibility index (Phi) is 3.86. The average Bonchev–Trinajstić information content (AvgIpc) is 3.24. The fraction of sp³-hybridized carbons (Fsp3) is 0.333. The van der Waals surface area contributed by atoms with Crippen molar-refractivity contribution in [2.75, 3.05) is 6.54 Å². The second-order valence-electron chi connectivity index (χ2n) is 5.34. The maximum absolute atomic E-state index is 12.4. The van der Waals surface area contributed by atoms with E-state index in [-0.39, 0.29) is 24.2 Å². The van der Waals surface area contributed by atoms with E-state index in [0.717, 1.165) is 18.4 Å². The molecule has 0 radical (unpaired) electrons. The number of carbonyl (C=O) groups excluding carboxylic acids is 1. The van der Waals surface area contributed by atoms with Gasteiger partial charge in [-0.2, -0.15) is 0 Å². The van der Waals surface area contributed by atoms with E-state index in [1.165, 1.54) is 4.90 Å². The molecule has 1 fully saturated rings. The maximum atomic E-state index is 12.4. The number of aliphatic carboxylic acids is 1. The first kappa shape index (κ1) is 14.2. The maximum Gasteiger partial charge on any atom is 0.323 e. The smallest absolute Gasteiger partial charge is 0.323 e. The molecule has 1 aliphatic carbocycles. The number of rotatable bonds is 6. The summed E-state index contributed by atoms with van der Waals surface area (Å²) in [7, 11) is 0. The van der Waals surface area contributed by atoms with Gasteiger partial charge in [-0.3, -0.25) is 9.59 Å². The summed E-state index contributed by atoms with van der Waals surface area (Å²) in [4.78, 5) is 24.6. The summed E-state index contributed by atoms with van der Waals surface area (Å²) in [5, 5.41) is 16.7. The Balaban J connectivity index is 1.72. The number of hydrogen-bond donors (Lipinski definition) is 1. The van der Waals surface area contributed by atoms with E-state index in [1.54, 1.807) is 10.9 Å². The Morgan fingerprint density at radius 1 is 1.27 bits per heavy atom. The first-order chi connectivity index (χ1) is 10.6. The molecule has 7 heteroatoms. The van der Waals surface area contributed by atoms with Crippen molar-refractivity contribution in [2.24, 2.45) is 0 Å². The van der Waals surface area contributed by atoms with Crippen molar-refractivity contribution in [2.45, 2.75) is 25.4 Å². The molecule has 1 heterocycles. The monoisotopic (exact) mass is 300 g/mol. The van der Waals surface area contributed by atoms with Crippen molar-refractivity contribution in [3.63, 3.8) is 0 Å². The minimum atomic E-state index is -1.02. The lowest BCUT2D eigenvalue weighted by Gasteiger charge is -2.18. The van der Waals surface area contributed by atoms with E-state index in [2.05, 4.69) is 10.3 Å². The lowest BCUT2D eigenvalue weighted by atomic mass is 10.2. The molecule has 0 aliphatic heterocycles. The van der Waals surface area contributed by atoms with Crippen LogP contribution in [0.15, 0.2) is 36.5 Å². The van der Waals surface area contributed by atoms with Gasteiger partial charge in [-0.05, 0) is 18.4 Å². The molecule has 2 aromatic rings. The van der Waals surface area contributed by atoms with Crippen molar-refractivity contribution in [3.05, 3.63) is 47.8 Å². The fourth-order valence-electron chi connectivity index (χ4n) is 2.29. The molecule has 114 valence electrons. The van der Waals surface area contributed by atoms with E-state index in [9.17, 15) is 9.59 Å². The van der Waals surface area contributed by atoms with Crippen LogP contribution in [0.25, 0.3) is 0 Å². The Bertz CT molecular complexity index is 679. The molecule has 0 unspecified atom stereocenters. The third kappa shape index (κ3) is 3.30. The molecular formula is C15H16N4O3. The third-order valence-electron chi connectivity index (χ3n) is 3.50. The van der Waals surface area contributed by atoms with Gasteiger partial charge in [-0.15, -0.1) is 5.10 Å². The standard InChI is InChI=1S/C15H16N4O3/c20-14(21)10-19(12-6-7-12)15(22)13-9-18(17-16-13)8-11-4-2-1-3-5-11/h1-5,9,12H,6-8,10H2,(H,20,21). The number of benzene rings is 1. The minimum Gasteiger partial charge on any atom is -0.480 e. The summed E-state index contributed by atoms with van der Waals surface area (Å²) in [6.45, 7) is 0.221. The van der Waals surface area contributed by atoms with Crippen LogP contribution < -0.4 is 0 Å². The van der Waals surface area contributed by atoms with Gasteiger partial charge in [0.15, 0.2) is 5.69 Å². The van der Waals surface area contributed by atoms with Crippen LogP contribution in [0.4, 0.5) is 0 Å². The zero-order valence-electron chi connectivity index (χ0n) is 11.9. The highest BCUT2D eigenvalue weighted by Gasteiger charge is 2.35. The van der Waals surface area contributed by atoms with Crippen LogP contribution in [0.5, 0.6) is 0 Å². The normalized spacial score (nSPS) is 13.8. The van der Waals surface area contributed by atoms with Crippen molar-refractivity contribution < 1.29 is 14.7 Å². The van der Waals surface area contributed by atoms with E-state index in [0.29, 0.717) is 6.54 Å². The SMILES string of the molecule is O=C(O)CN(C(=O)c1cn(Cc2ccccc2)nn1)C1CC1. The molecule has 7 nitrogen and oxygen atoms in total. The van der Waals surface area contributed by atoms with Crippen LogP contribution in [0, 0.1) is 0 Å². The van der Waals surface area contributed by atoms with Gasteiger partial charge in [-0.1, -0.05) is 35.5 Å². The lowest BCUT2D eigenvalue weighted by Crippen LogP contribution is -2.37. The van der Waals surface area contributed by atoms with Gasteiger partial charge in [0.25, 0.3) is 5.91 Å². The number of nitrogens with zero attached hydrogens (tertiary/aromatic N) is 4. The Hall–Kier alpha value is -2.70. The first-order valence-electron chi connectivity index (χ1n) is 7.10. The van der Waals surface area contributed by atoms with E-state index in [1.807, 2.05) is 30.3 Å². The molecule has 22 heavy (non-hydrogen) atoms. The number of carbonyl (C=O) groups is 2. The zero-order chi connectivity index (χ0) is 15.5. The molecule has 0 bridgehead atoms. The molecule has 1 N–H and O–H groups in total. The van der Waals surface area contributed by atoms with Crippen LogP contribution in [0.3, 0.4) is 0 Å². The molecule has 1 amide bonds. The predicted molar refractivity (Wildman–Crippen MR) is 77.3 cm³/mol. The molecule has 1 saturated carbocycles. The van der Waals surface area contributed by atoms with Gasteiger partial charge in [0.1, 0.15) is 6.54 Å². The number of hydrogen-bond acceptors (Lipinski definition) is 4. The van der Waals surface area contributed by atoms with Crippen molar-refractivity contribution in [1.29, 1.82) is 0 Å². The Morgan fingerprint density at radius 2 is 2.00 bits per heavy atom. The minimum absolute atomic E-state index is 0.0165. The topological polar surface area (TPSA) is 88.3 Å². The number of carboxylic acids is 1. The molecular weight excluding hydrogens is 284 g/mol. The van der Waals surface area contributed by atoms with Crippen LogP contribution in [0.2, 0.25) is 0 Å². The van der Waals surface area contributed by atoms with Gasteiger partial charge in [-0.25, -0.2) is 4.68 Å². The zero-order valence-corrected chi connectivity index (χ0v) is 11.9. The molecule has 0 saturated heterocycles. The molecule has 3 rings (SSSR count). The molecule has 0 spiro atoms. The van der Waals surface area contributed by atoms with E-state index >= 15 is 0 Å². The highest BCUT2D eigenvalue weighted by atomic mass is 16.4. The van der Waals surface area contributed by atoms with Gasteiger partial charge >= 0.3 is 5.97 Å². The Morgan fingerprint density at radius 3 is 2.64 bits per heavy atom. The van der Waals surface area contributed by atoms with Crippen molar-refractivity contribution in [1.82, 2.24) is 19.9 Å². The van der Waals surface area contributed by atoms with Crippen LogP contribution in [-0.2, 0) is 11.3 Å². The molecule has 1 aromatic carbocycles. The van der Waals surface area contributed by atoms with Gasteiger partial charge in [0.05, 0.1) is 12.7 Å². The number of amides is 1. The first-order valence-corrected chi connectivity index (χ1v) is 7.10. The summed E-state index contributed by atoms with van der Waals surface area (Å²) in [6, 6.07) is 9.73. The van der Waals surface area contributed by atoms with Crippen LogP contribution >= 0.6 is 0 Å². The van der Waals surface area contributed by atoms with Gasteiger partial charge < -0.3 is 10.0 Å². The van der Waals surface area contributed by atoms with Crippen molar-refractivity contribution >= 4 is 11.9 Å². The fourth-order valence-corrected chi connectivity index (χ4v) is 2.29. The van der Waals surface area contributed by atoms with Crippen LogP contribution in [0.1, 0.15) is 28.9 Å². The summed E-state index contributed by atoms with van der Waals surface area (Å²) in [5.74, 6) is -1.39. The average molecular weight is 300 g/mol. The highest BCUT2D eigenvalue weighted by Crippen LogP contribution is 2.27. The number of carboxylic acid groups (broad SMARTS) is 1. The summed E-state index contributed by atoms with van der Waals surface area (Å²) < 4.78 is 1.58. The Labute approximate surface area is 127 Å². The summed E-state index contributed by atoms with van der Waals surface area (Å²) in [6.07, 6.45) is 3.25. The second kappa shape index (κ2) is 5.97. The molecule has 0 atom stereocenters. The second-order valence-corrected chi connectivity index (χ2v) is 5.34. The van der Waals surface area contributed by atoms with Crippen LogP contribution in [-0.4, -0.2) is 49.5 Å². The highest BCUT2D eigenvalue weighted by molar-refractivity contribution is 5.94. The molecule has 1 aliphatic rings. The summed E-state index contributed by atoms with van der Waals surface area (Å²) >= 11 is 0. The van der Waals surface area contributed by atoms with Gasteiger partial charge in [0, 0.05) is 6.04 Å². The van der Waals surface area contributed by atoms with E-state index in [4.69, 9.17) is 5.11 Å². The third-order valence-corrected chi connectivity index (χ3v) is 3.50.